The second-order valence-corrected chi connectivity index (χ2v) is 9.79. The van der Waals surface area contributed by atoms with Gasteiger partial charge in [0.15, 0.2) is 11.0 Å². The van der Waals surface area contributed by atoms with Crippen LogP contribution in [0.3, 0.4) is 0 Å². The Hall–Kier alpha value is -2.31. The summed E-state index contributed by atoms with van der Waals surface area (Å²) in [4.78, 5) is 12.8. The van der Waals surface area contributed by atoms with Crippen LogP contribution in [0.1, 0.15) is 62.0 Å². The van der Waals surface area contributed by atoms with Crippen LogP contribution < -0.4 is 5.32 Å². The fourth-order valence-corrected chi connectivity index (χ4v) is 4.88. The monoisotopic (exact) mass is 484 g/mol. The summed E-state index contributed by atoms with van der Waals surface area (Å²) in [6, 6.07) is 14.3. The molecule has 2 aromatic carbocycles. The van der Waals surface area contributed by atoms with Gasteiger partial charge in [0.1, 0.15) is 0 Å². The molecule has 1 unspecified atom stereocenters. The third kappa shape index (κ3) is 6.84. The molecule has 3 rings (SSSR count). The Morgan fingerprint density at radius 2 is 1.97 bits per heavy atom. The minimum atomic E-state index is 0.0318. The zero-order valence-corrected chi connectivity index (χ0v) is 21.5. The molecular formula is C26H33ClN4OS. The highest BCUT2D eigenvalue weighted by Gasteiger charge is 2.20. The summed E-state index contributed by atoms with van der Waals surface area (Å²) in [5.41, 5.74) is 4.46. The Labute approximate surface area is 206 Å². The van der Waals surface area contributed by atoms with Crippen molar-refractivity contribution in [1.82, 2.24) is 20.1 Å². The predicted molar refractivity (Wildman–Crippen MR) is 137 cm³/mol. The van der Waals surface area contributed by atoms with Crippen molar-refractivity contribution in [3.63, 3.8) is 0 Å². The fourth-order valence-electron chi connectivity index (χ4n) is 3.81. The average Bonchev–Trinajstić information content (AvgIpc) is 3.21. The molecule has 1 N–H and O–H groups in total. The van der Waals surface area contributed by atoms with Crippen LogP contribution in [0.4, 0.5) is 0 Å². The molecule has 0 radical (unpaired) electrons. The lowest BCUT2D eigenvalue weighted by atomic mass is 9.98. The molecule has 0 aliphatic heterocycles. The molecule has 0 saturated heterocycles. The highest BCUT2D eigenvalue weighted by atomic mass is 35.5. The zero-order chi connectivity index (χ0) is 23.8. The number of aryl methyl sites for hydroxylation is 2. The molecule has 7 heteroatoms. The molecule has 33 heavy (non-hydrogen) atoms. The van der Waals surface area contributed by atoms with Crippen LogP contribution >= 0.6 is 23.4 Å². The van der Waals surface area contributed by atoms with Gasteiger partial charge in [-0.05, 0) is 49.9 Å². The number of carbonyl (C=O) groups is 1. The van der Waals surface area contributed by atoms with Gasteiger partial charge in [0.05, 0.1) is 12.2 Å². The van der Waals surface area contributed by atoms with E-state index in [0.29, 0.717) is 17.4 Å². The summed E-state index contributed by atoms with van der Waals surface area (Å²) in [7, 11) is 0. The molecule has 0 bridgehead atoms. The molecule has 0 saturated carbocycles. The Morgan fingerprint density at radius 3 is 2.70 bits per heavy atom. The van der Waals surface area contributed by atoms with Gasteiger partial charge < -0.3 is 5.32 Å². The number of halogens is 1. The molecule has 1 heterocycles. The summed E-state index contributed by atoms with van der Waals surface area (Å²) in [5.74, 6) is 1.59. The molecule has 0 fully saturated rings. The molecule has 5 nitrogen and oxygen atoms in total. The lowest BCUT2D eigenvalue weighted by Gasteiger charge is -2.16. The van der Waals surface area contributed by atoms with E-state index in [9.17, 15) is 4.79 Å². The SMILES string of the molecule is CCCCC(CC)C(=O)NCc1nnc(SCc2cccc(C)c2)n1-c1cc(Cl)ccc1C. The lowest BCUT2D eigenvalue weighted by Crippen LogP contribution is -2.31. The smallest absolute Gasteiger partial charge is 0.223 e. The third-order valence-corrected chi connectivity index (χ3v) is 6.99. The average molecular weight is 485 g/mol. The van der Waals surface area contributed by atoms with Crippen LogP contribution in [0, 0.1) is 19.8 Å². The van der Waals surface area contributed by atoms with Crippen molar-refractivity contribution >= 4 is 29.3 Å². The van der Waals surface area contributed by atoms with Crippen molar-refractivity contribution in [1.29, 1.82) is 0 Å². The molecule has 1 aromatic heterocycles. The molecule has 0 aliphatic rings. The van der Waals surface area contributed by atoms with Crippen molar-refractivity contribution in [3.05, 3.63) is 70.0 Å². The van der Waals surface area contributed by atoms with Crippen LogP contribution in [0.2, 0.25) is 5.02 Å². The van der Waals surface area contributed by atoms with E-state index in [-0.39, 0.29) is 11.8 Å². The second-order valence-electron chi connectivity index (χ2n) is 8.41. The molecule has 1 atom stereocenters. The maximum Gasteiger partial charge on any atom is 0.223 e. The maximum absolute atomic E-state index is 12.8. The van der Waals surface area contributed by atoms with Gasteiger partial charge in [-0.15, -0.1) is 10.2 Å². The first-order valence-corrected chi connectivity index (χ1v) is 13.0. The third-order valence-electron chi connectivity index (χ3n) is 5.75. The summed E-state index contributed by atoms with van der Waals surface area (Å²) >= 11 is 7.96. The van der Waals surface area contributed by atoms with Gasteiger partial charge in [0.25, 0.3) is 0 Å². The zero-order valence-electron chi connectivity index (χ0n) is 19.9. The van der Waals surface area contributed by atoms with E-state index in [1.807, 2.05) is 29.7 Å². The molecule has 1 amide bonds. The summed E-state index contributed by atoms with van der Waals surface area (Å²) in [6.45, 7) is 8.68. The number of hydrogen-bond acceptors (Lipinski definition) is 4. The van der Waals surface area contributed by atoms with Crippen LogP contribution in [0.15, 0.2) is 47.6 Å². The first-order chi connectivity index (χ1) is 15.9. The largest absolute Gasteiger partial charge is 0.349 e. The van der Waals surface area contributed by atoms with E-state index in [0.717, 1.165) is 47.8 Å². The van der Waals surface area contributed by atoms with E-state index in [1.165, 1.54) is 11.1 Å². The summed E-state index contributed by atoms with van der Waals surface area (Å²) in [6.07, 6.45) is 3.90. The standard InChI is InChI=1S/C26H33ClN4OS/c1-5-7-11-21(6-2)25(32)28-16-24-29-30-26(33-17-20-10-8-9-18(3)14-20)31(24)23-15-22(27)13-12-19(23)4/h8-10,12-15,21H,5-7,11,16-17H2,1-4H3,(H,28,32). The van der Waals surface area contributed by atoms with Crippen molar-refractivity contribution in [2.24, 2.45) is 5.92 Å². The lowest BCUT2D eigenvalue weighted by molar-refractivity contribution is -0.125. The maximum atomic E-state index is 12.8. The van der Waals surface area contributed by atoms with Crippen molar-refractivity contribution < 1.29 is 4.79 Å². The summed E-state index contributed by atoms with van der Waals surface area (Å²) in [5, 5.41) is 13.4. The highest BCUT2D eigenvalue weighted by Crippen LogP contribution is 2.29. The highest BCUT2D eigenvalue weighted by molar-refractivity contribution is 7.98. The van der Waals surface area contributed by atoms with Gasteiger partial charge in [-0.25, -0.2) is 0 Å². The van der Waals surface area contributed by atoms with Gasteiger partial charge in [0, 0.05) is 16.7 Å². The first-order valence-electron chi connectivity index (χ1n) is 11.6. The fraction of sp³-hybridized carbons (Fsp3) is 0.423. The van der Waals surface area contributed by atoms with Gasteiger partial charge >= 0.3 is 0 Å². The van der Waals surface area contributed by atoms with E-state index < -0.39 is 0 Å². The quantitative estimate of drug-likeness (QED) is 0.309. The van der Waals surface area contributed by atoms with Crippen LogP contribution in [0.5, 0.6) is 0 Å². The Morgan fingerprint density at radius 1 is 1.15 bits per heavy atom. The molecule has 0 spiro atoms. The van der Waals surface area contributed by atoms with E-state index in [4.69, 9.17) is 11.6 Å². The first kappa shape index (κ1) is 25.3. The Bertz CT molecular complexity index is 1080. The van der Waals surface area contributed by atoms with E-state index >= 15 is 0 Å². The second kappa shape index (κ2) is 12.2. The number of carbonyl (C=O) groups excluding carboxylic acids is 1. The normalized spacial score (nSPS) is 12.0. The Kier molecular flexibility index (Phi) is 9.39. The number of thioether (sulfide) groups is 1. The predicted octanol–water partition coefficient (Wildman–Crippen LogP) is 6.66. The molecule has 3 aromatic rings. The van der Waals surface area contributed by atoms with E-state index in [2.05, 4.69) is 60.6 Å². The van der Waals surface area contributed by atoms with Crippen LogP contribution in [-0.4, -0.2) is 20.7 Å². The number of benzene rings is 2. The minimum Gasteiger partial charge on any atom is -0.349 e. The van der Waals surface area contributed by atoms with Crippen molar-refractivity contribution in [2.75, 3.05) is 0 Å². The van der Waals surface area contributed by atoms with Crippen LogP contribution in [0.25, 0.3) is 5.69 Å². The van der Waals surface area contributed by atoms with Gasteiger partial charge in [-0.1, -0.05) is 85.9 Å². The van der Waals surface area contributed by atoms with Crippen LogP contribution in [-0.2, 0) is 17.1 Å². The number of amides is 1. The van der Waals surface area contributed by atoms with Gasteiger partial charge in [-0.3, -0.25) is 9.36 Å². The molecular weight excluding hydrogens is 452 g/mol. The number of aromatic nitrogens is 3. The topological polar surface area (TPSA) is 59.8 Å². The number of nitrogens with zero attached hydrogens (tertiary/aromatic N) is 3. The van der Waals surface area contributed by atoms with Crippen molar-refractivity contribution in [2.45, 2.75) is 70.8 Å². The van der Waals surface area contributed by atoms with Gasteiger partial charge in [-0.2, -0.15) is 0 Å². The van der Waals surface area contributed by atoms with Crippen molar-refractivity contribution in [3.8, 4) is 5.69 Å². The number of nitrogens with one attached hydrogen (secondary N) is 1. The number of hydrogen-bond donors (Lipinski definition) is 1. The molecule has 176 valence electrons. The summed E-state index contributed by atoms with van der Waals surface area (Å²) < 4.78 is 2.02. The number of unbranched alkanes of at least 4 members (excludes halogenated alkanes) is 1. The minimum absolute atomic E-state index is 0.0318. The molecule has 0 aliphatic carbocycles. The Balaban J connectivity index is 1.85. The van der Waals surface area contributed by atoms with E-state index in [1.54, 1.807) is 11.8 Å². The number of rotatable bonds is 11. The van der Waals surface area contributed by atoms with Gasteiger partial charge in [0.2, 0.25) is 5.91 Å².